The van der Waals surface area contributed by atoms with Crippen LogP contribution >= 0.6 is 0 Å². The largest absolute Gasteiger partial charge is 0.369 e. The molecule has 0 saturated heterocycles. The van der Waals surface area contributed by atoms with Crippen molar-refractivity contribution in [2.75, 3.05) is 5.73 Å². The lowest BCUT2D eigenvalue weighted by Gasteiger charge is -1.98. The van der Waals surface area contributed by atoms with Crippen LogP contribution < -0.4 is 11.3 Å². The van der Waals surface area contributed by atoms with E-state index in [-0.39, 0.29) is 11.5 Å². The van der Waals surface area contributed by atoms with Crippen LogP contribution in [0.3, 0.4) is 0 Å². The minimum absolute atomic E-state index is 0.0783. The van der Waals surface area contributed by atoms with Crippen LogP contribution in [-0.2, 0) is 0 Å². The van der Waals surface area contributed by atoms with E-state index in [4.69, 9.17) is 5.73 Å². The zero-order valence-corrected chi connectivity index (χ0v) is 12.2. The van der Waals surface area contributed by atoms with Crippen molar-refractivity contribution in [3.8, 4) is 11.1 Å². The molecule has 0 aliphatic rings. The molecule has 4 rings (SSSR count). The van der Waals surface area contributed by atoms with E-state index in [1.54, 1.807) is 0 Å². The fourth-order valence-electron chi connectivity index (χ4n) is 2.12. The van der Waals surface area contributed by atoms with Gasteiger partial charge < -0.3 is 10.7 Å². The number of H-pyrrole nitrogens is 2. The number of fused-ring (bicyclic) bond motifs is 1. The zero-order chi connectivity index (χ0) is 16.1. The van der Waals surface area contributed by atoms with E-state index >= 15 is 0 Å². The minimum atomic E-state index is -0.301. The number of hydrogen-bond donors (Lipinski definition) is 3. The van der Waals surface area contributed by atoms with Gasteiger partial charge in [-0.1, -0.05) is 60.7 Å². The SMILES string of the molecule is Nc1nc2nc[nH]c2c(=O)[nH]1.c1ccc(-c2ccccc2)cc1. The number of nitrogens with two attached hydrogens (primary N) is 1. The highest BCUT2D eigenvalue weighted by Gasteiger charge is 2.01. The Kier molecular flexibility index (Phi) is 4.15. The van der Waals surface area contributed by atoms with E-state index in [0.29, 0.717) is 11.2 Å². The predicted molar refractivity (Wildman–Crippen MR) is 90.8 cm³/mol. The van der Waals surface area contributed by atoms with Gasteiger partial charge in [0.25, 0.3) is 5.56 Å². The van der Waals surface area contributed by atoms with Crippen LogP contribution in [0.5, 0.6) is 0 Å². The summed E-state index contributed by atoms with van der Waals surface area (Å²) in [5.41, 5.74) is 8.20. The molecule has 2 heterocycles. The lowest BCUT2D eigenvalue weighted by atomic mass is 10.1. The van der Waals surface area contributed by atoms with Gasteiger partial charge in [-0.15, -0.1) is 0 Å². The maximum Gasteiger partial charge on any atom is 0.278 e. The average molecular weight is 305 g/mol. The standard InChI is InChI=1S/C12H10.C5H5N5O/c1-3-7-11(8-4-1)12-9-5-2-6-10-12;6-5-9-3-2(4(11)10-5)7-1-8-3/h1-10H;1H,(H4,6,7,8,9,10,11). The van der Waals surface area contributed by atoms with E-state index in [2.05, 4.69) is 68.5 Å². The number of aromatic amines is 2. The van der Waals surface area contributed by atoms with Crippen LogP contribution in [0.15, 0.2) is 71.8 Å². The molecule has 4 aromatic rings. The van der Waals surface area contributed by atoms with Gasteiger partial charge in [0, 0.05) is 0 Å². The molecule has 0 radical (unpaired) electrons. The van der Waals surface area contributed by atoms with E-state index < -0.39 is 0 Å². The molecule has 0 saturated carbocycles. The first-order valence-electron chi connectivity index (χ1n) is 7.03. The molecule has 0 aliphatic carbocycles. The molecule has 0 amide bonds. The molecular weight excluding hydrogens is 290 g/mol. The maximum atomic E-state index is 11.0. The second-order valence-electron chi connectivity index (χ2n) is 4.78. The number of hydrogen-bond acceptors (Lipinski definition) is 4. The van der Waals surface area contributed by atoms with Gasteiger partial charge in [0.05, 0.1) is 6.33 Å². The molecule has 0 spiro atoms. The summed E-state index contributed by atoms with van der Waals surface area (Å²) < 4.78 is 0. The molecule has 0 fully saturated rings. The molecule has 0 atom stereocenters. The molecule has 2 aromatic carbocycles. The van der Waals surface area contributed by atoms with Gasteiger partial charge in [0.1, 0.15) is 0 Å². The summed E-state index contributed by atoms with van der Waals surface area (Å²) in [6.07, 6.45) is 1.40. The summed E-state index contributed by atoms with van der Waals surface area (Å²) in [7, 11) is 0. The fraction of sp³-hybridized carbons (Fsp3) is 0. The van der Waals surface area contributed by atoms with Gasteiger partial charge in [-0.3, -0.25) is 9.78 Å². The number of imidazole rings is 1. The van der Waals surface area contributed by atoms with Gasteiger partial charge >= 0.3 is 0 Å². The van der Waals surface area contributed by atoms with Crippen LogP contribution in [0, 0.1) is 0 Å². The van der Waals surface area contributed by atoms with Crippen LogP contribution in [-0.4, -0.2) is 19.9 Å². The van der Waals surface area contributed by atoms with E-state index in [1.807, 2.05) is 12.1 Å². The molecule has 2 aromatic heterocycles. The lowest BCUT2D eigenvalue weighted by molar-refractivity contribution is 1.17. The number of nitrogen functional groups attached to an aromatic ring is 1. The number of anilines is 1. The minimum Gasteiger partial charge on any atom is -0.369 e. The van der Waals surface area contributed by atoms with Gasteiger partial charge in [-0.05, 0) is 11.1 Å². The Hall–Kier alpha value is -3.41. The summed E-state index contributed by atoms with van der Waals surface area (Å²) >= 11 is 0. The van der Waals surface area contributed by atoms with Crippen LogP contribution in [0.2, 0.25) is 0 Å². The van der Waals surface area contributed by atoms with E-state index in [9.17, 15) is 4.79 Å². The van der Waals surface area contributed by atoms with Crippen molar-refractivity contribution in [3.05, 3.63) is 77.3 Å². The van der Waals surface area contributed by atoms with E-state index in [0.717, 1.165) is 0 Å². The molecule has 0 aliphatic heterocycles. The molecule has 114 valence electrons. The van der Waals surface area contributed by atoms with Crippen molar-refractivity contribution in [2.24, 2.45) is 0 Å². The first kappa shape index (κ1) is 14.5. The van der Waals surface area contributed by atoms with Crippen molar-refractivity contribution < 1.29 is 0 Å². The highest BCUT2D eigenvalue weighted by Crippen LogP contribution is 2.17. The van der Waals surface area contributed by atoms with Gasteiger partial charge in [0.2, 0.25) is 5.95 Å². The third kappa shape index (κ3) is 3.44. The van der Waals surface area contributed by atoms with Crippen LogP contribution in [0.1, 0.15) is 0 Å². The molecular formula is C17H15N5O. The maximum absolute atomic E-state index is 11.0. The third-order valence-corrected chi connectivity index (χ3v) is 3.20. The highest BCUT2D eigenvalue weighted by atomic mass is 16.1. The number of benzene rings is 2. The summed E-state index contributed by atoms with van der Waals surface area (Å²) in [6, 6.07) is 20.8. The smallest absolute Gasteiger partial charge is 0.278 e. The summed E-state index contributed by atoms with van der Waals surface area (Å²) in [6.45, 7) is 0. The van der Waals surface area contributed by atoms with Crippen LogP contribution in [0.4, 0.5) is 5.95 Å². The van der Waals surface area contributed by atoms with Crippen molar-refractivity contribution in [1.82, 2.24) is 19.9 Å². The first-order chi connectivity index (χ1) is 11.2. The second kappa shape index (κ2) is 6.57. The molecule has 6 nitrogen and oxygen atoms in total. The number of aromatic nitrogens is 4. The second-order valence-corrected chi connectivity index (χ2v) is 4.78. The van der Waals surface area contributed by atoms with Crippen LogP contribution in [0.25, 0.3) is 22.3 Å². The van der Waals surface area contributed by atoms with Crippen molar-refractivity contribution in [3.63, 3.8) is 0 Å². The molecule has 6 heteroatoms. The van der Waals surface area contributed by atoms with Gasteiger partial charge in [0.15, 0.2) is 11.2 Å². The van der Waals surface area contributed by atoms with Gasteiger partial charge in [-0.2, -0.15) is 4.98 Å². The summed E-state index contributed by atoms with van der Waals surface area (Å²) in [5.74, 6) is 0.0783. The number of nitrogens with zero attached hydrogens (tertiary/aromatic N) is 2. The Morgan fingerprint density at radius 3 is 2.00 bits per heavy atom. The van der Waals surface area contributed by atoms with Crippen molar-refractivity contribution >= 4 is 17.1 Å². The Balaban J connectivity index is 0.000000136. The Morgan fingerprint density at radius 1 is 0.870 bits per heavy atom. The third-order valence-electron chi connectivity index (χ3n) is 3.20. The number of nitrogens with one attached hydrogen (secondary N) is 2. The van der Waals surface area contributed by atoms with Crippen molar-refractivity contribution in [1.29, 1.82) is 0 Å². The lowest BCUT2D eigenvalue weighted by Crippen LogP contribution is -2.10. The Morgan fingerprint density at radius 2 is 1.43 bits per heavy atom. The predicted octanol–water partition coefficient (Wildman–Crippen LogP) is 2.58. The molecule has 23 heavy (non-hydrogen) atoms. The fourth-order valence-corrected chi connectivity index (χ4v) is 2.12. The quantitative estimate of drug-likeness (QED) is 0.503. The Labute approximate surface area is 132 Å². The molecule has 0 bridgehead atoms. The summed E-state index contributed by atoms with van der Waals surface area (Å²) in [4.78, 5) is 23.5. The molecule has 0 unspecified atom stereocenters. The Bertz CT molecular complexity index is 907. The van der Waals surface area contributed by atoms with Crippen molar-refractivity contribution in [2.45, 2.75) is 0 Å². The highest BCUT2D eigenvalue weighted by molar-refractivity contribution is 5.69. The topological polar surface area (TPSA) is 100 Å². The van der Waals surface area contributed by atoms with E-state index in [1.165, 1.54) is 17.5 Å². The number of rotatable bonds is 1. The normalized spacial score (nSPS) is 10.1. The summed E-state index contributed by atoms with van der Waals surface area (Å²) in [5, 5.41) is 0. The zero-order valence-electron chi connectivity index (χ0n) is 12.2. The average Bonchev–Trinajstić information content (AvgIpc) is 3.06. The first-order valence-corrected chi connectivity index (χ1v) is 7.03. The van der Waals surface area contributed by atoms with Gasteiger partial charge in [-0.25, -0.2) is 4.98 Å². The molecule has 4 N–H and O–H groups in total. The monoisotopic (exact) mass is 305 g/mol.